The molecule has 5 heterocycles. The van der Waals surface area contributed by atoms with Crippen LogP contribution in [0.5, 0.6) is 0 Å². The molecule has 3 aliphatic rings. The van der Waals surface area contributed by atoms with Gasteiger partial charge in [0.15, 0.2) is 5.72 Å². The highest BCUT2D eigenvalue weighted by Crippen LogP contribution is 2.54. The molecule has 6 aromatic rings. The van der Waals surface area contributed by atoms with Gasteiger partial charge >= 0.3 is 0 Å². The zero-order valence-electron chi connectivity index (χ0n) is 24.7. The summed E-state index contributed by atoms with van der Waals surface area (Å²) in [5.74, 6) is -0.0815. The number of nitrogens with zero attached hydrogens (tertiary/aromatic N) is 3. The largest absolute Gasteiger partial charge is 0.375 e. The van der Waals surface area contributed by atoms with Gasteiger partial charge in [0, 0.05) is 52.2 Å². The van der Waals surface area contributed by atoms with Crippen LogP contribution in [0.3, 0.4) is 0 Å². The zero-order chi connectivity index (χ0) is 31.0. The highest BCUT2D eigenvalue weighted by Gasteiger charge is 2.55. The van der Waals surface area contributed by atoms with Gasteiger partial charge in [-0.05, 0) is 71.5 Å². The first kappa shape index (κ1) is 27.8. The molecule has 0 aliphatic carbocycles. The summed E-state index contributed by atoms with van der Waals surface area (Å²) >= 11 is 2.17. The van der Waals surface area contributed by atoms with Crippen LogP contribution >= 0.6 is 22.6 Å². The van der Waals surface area contributed by atoms with Crippen molar-refractivity contribution in [1.82, 2.24) is 18.8 Å². The summed E-state index contributed by atoms with van der Waals surface area (Å²) in [5, 5.41) is 7.00. The van der Waals surface area contributed by atoms with Gasteiger partial charge in [-0.2, -0.15) is 4.31 Å². The number of ether oxygens (including phenoxy) is 2. The molecule has 0 radical (unpaired) electrons. The van der Waals surface area contributed by atoms with Gasteiger partial charge in [-0.15, -0.1) is 0 Å². The van der Waals surface area contributed by atoms with E-state index < -0.39 is 34.1 Å². The molecule has 4 aromatic carbocycles. The third kappa shape index (κ3) is 3.42. The number of sulfonamides is 1. The summed E-state index contributed by atoms with van der Waals surface area (Å²) in [4.78, 5) is 13.8. The summed E-state index contributed by atoms with van der Waals surface area (Å²) in [6.45, 7) is 2.44. The molecule has 4 atom stereocenters. The number of likely N-dealkylation sites (N-methyl/N-ethyl adjacent to an activating group) is 1. The highest BCUT2D eigenvalue weighted by atomic mass is 127. The highest BCUT2D eigenvalue weighted by molar-refractivity contribution is 14.1. The maximum atomic E-state index is 14.2. The average Bonchev–Trinajstić information content (AvgIpc) is 3.68. The van der Waals surface area contributed by atoms with E-state index >= 15 is 0 Å². The second-order valence-corrected chi connectivity index (χ2v) is 15.5. The van der Waals surface area contributed by atoms with Crippen molar-refractivity contribution in [2.24, 2.45) is 0 Å². The Morgan fingerprint density at radius 2 is 1.64 bits per heavy atom. The van der Waals surface area contributed by atoms with Gasteiger partial charge in [-0.1, -0.05) is 36.4 Å². The number of methoxy groups -OCH3 is 1. The quantitative estimate of drug-likeness (QED) is 0.223. The molecule has 11 heteroatoms. The molecule has 0 unspecified atom stereocenters. The summed E-state index contributed by atoms with van der Waals surface area (Å²) in [6, 6.07) is 22.6. The van der Waals surface area contributed by atoms with E-state index in [2.05, 4.69) is 61.3 Å². The molecule has 2 aromatic heterocycles. The van der Waals surface area contributed by atoms with Gasteiger partial charge in [0.2, 0.25) is 10.0 Å². The van der Waals surface area contributed by atoms with E-state index in [1.165, 1.54) is 4.31 Å². The molecule has 1 N–H and O–H groups in total. The molecule has 9 rings (SSSR count). The predicted octanol–water partition coefficient (Wildman–Crippen LogP) is 6.06. The predicted molar refractivity (Wildman–Crippen MR) is 181 cm³/mol. The van der Waals surface area contributed by atoms with Crippen LogP contribution in [0.25, 0.3) is 43.6 Å². The molecule has 1 saturated heterocycles. The van der Waals surface area contributed by atoms with Gasteiger partial charge in [0.05, 0.1) is 38.6 Å². The van der Waals surface area contributed by atoms with E-state index in [-0.39, 0.29) is 10.8 Å². The Bertz CT molecular complexity index is 2380. The van der Waals surface area contributed by atoms with Crippen LogP contribution in [-0.2, 0) is 31.8 Å². The topological polar surface area (TPSA) is 94.8 Å². The van der Waals surface area contributed by atoms with Crippen molar-refractivity contribution >= 4 is 82.1 Å². The molecule has 228 valence electrons. The summed E-state index contributed by atoms with van der Waals surface area (Å²) in [7, 11) is -0.620. The molecule has 3 aliphatic heterocycles. The number of amides is 1. The third-order valence-electron chi connectivity index (χ3n) is 10.2. The van der Waals surface area contributed by atoms with Crippen LogP contribution in [0.2, 0.25) is 0 Å². The fourth-order valence-electron chi connectivity index (χ4n) is 8.32. The van der Waals surface area contributed by atoms with Crippen LogP contribution in [-0.4, -0.2) is 54.1 Å². The standard InChI is InChI=1S/C34H29IN4O5S/c1-34-32(43-3)25(37(2)45(41,42)19-14-12-18(35)13-15-19)16-26(44-34)38-23-10-6-4-8-20(23)28-29-22(17-36-33(29)40)27-21-9-5-7-11-24(21)39(34)31(27)30(28)38/h4-15,25-26,32H,16-17H2,1-3H3,(H,36,40)/t25-,26-,32-,34+/m1/s1. The number of hydrogen-bond acceptors (Lipinski definition) is 5. The average molecular weight is 733 g/mol. The number of carbonyl (C=O) groups excluding carboxylic acids is 1. The lowest BCUT2D eigenvalue weighted by atomic mass is 9.93. The second-order valence-electron chi connectivity index (χ2n) is 12.3. The molecule has 1 amide bonds. The first-order valence-corrected chi connectivity index (χ1v) is 17.4. The second kappa shape index (κ2) is 9.29. The van der Waals surface area contributed by atoms with E-state index in [4.69, 9.17) is 9.47 Å². The van der Waals surface area contributed by atoms with E-state index in [1.54, 1.807) is 38.4 Å². The van der Waals surface area contributed by atoms with Crippen LogP contribution < -0.4 is 5.32 Å². The lowest BCUT2D eigenvalue weighted by molar-refractivity contribution is -0.262. The number of carbonyl (C=O) groups is 1. The lowest BCUT2D eigenvalue weighted by Crippen LogP contribution is -2.61. The van der Waals surface area contributed by atoms with E-state index in [1.807, 2.05) is 31.2 Å². The fourth-order valence-corrected chi connectivity index (χ4v) is 10.0. The van der Waals surface area contributed by atoms with Gasteiger partial charge in [0.25, 0.3) is 5.91 Å². The number of para-hydroxylation sites is 2. The number of rotatable bonds is 4. The first-order valence-electron chi connectivity index (χ1n) is 14.9. The van der Waals surface area contributed by atoms with Gasteiger partial charge in [0.1, 0.15) is 12.3 Å². The molecular formula is C34H29IN4O5S. The van der Waals surface area contributed by atoms with E-state index in [0.717, 1.165) is 52.7 Å². The van der Waals surface area contributed by atoms with Crippen molar-refractivity contribution in [2.45, 2.75) is 48.9 Å². The van der Waals surface area contributed by atoms with Crippen molar-refractivity contribution in [2.75, 3.05) is 14.2 Å². The number of fused-ring (bicyclic) bond motifs is 13. The van der Waals surface area contributed by atoms with Gasteiger partial charge in [-0.25, -0.2) is 8.42 Å². The molecule has 1 fully saturated rings. The summed E-state index contributed by atoms with van der Waals surface area (Å²) in [5.41, 5.74) is 4.33. The Hall–Kier alpha value is -3.49. The van der Waals surface area contributed by atoms with Crippen LogP contribution in [0.4, 0.5) is 0 Å². The van der Waals surface area contributed by atoms with Crippen molar-refractivity contribution < 1.29 is 22.7 Å². The SMILES string of the molecule is CO[C@@H]1[C@H](N(C)S(=O)(=O)c2ccc(I)cc2)C[C@H]2O[C@]1(C)n1c3ccccc3c3c4c(c5c6ccccc6n2c5c31)C(=O)NC4. The maximum Gasteiger partial charge on any atom is 0.252 e. The van der Waals surface area contributed by atoms with Crippen LogP contribution in [0.1, 0.15) is 35.5 Å². The maximum absolute atomic E-state index is 14.2. The normalized spacial score (nSPS) is 24.3. The van der Waals surface area contributed by atoms with Crippen LogP contribution in [0, 0.1) is 3.57 Å². The molecular weight excluding hydrogens is 703 g/mol. The van der Waals surface area contributed by atoms with Gasteiger partial charge in [-0.3, -0.25) is 4.79 Å². The van der Waals surface area contributed by atoms with Crippen molar-refractivity contribution in [3.63, 3.8) is 0 Å². The van der Waals surface area contributed by atoms with E-state index in [0.29, 0.717) is 18.5 Å². The number of benzene rings is 4. The minimum atomic E-state index is -3.89. The lowest BCUT2D eigenvalue weighted by Gasteiger charge is -2.50. The molecule has 9 nitrogen and oxygen atoms in total. The Kier molecular flexibility index (Phi) is 5.74. The minimum absolute atomic E-state index is 0.0815. The number of nitrogens with one attached hydrogen (secondary N) is 1. The fraction of sp³-hybridized carbons (Fsp3) is 0.265. The number of aromatic nitrogens is 2. The molecule has 45 heavy (non-hydrogen) atoms. The van der Waals surface area contributed by atoms with Crippen molar-refractivity contribution in [3.8, 4) is 0 Å². The molecule has 2 bridgehead atoms. The smallest absolute Gasteiger partial charge is 0.252 e. The first-order chi connectivity index (χ1) is 21.7. The van der Waals surface area contributed by atoms with Crippen molar-refractivity contribution in [1.29, 1.82) is 0 Å². The van der Waals surface area contributed by atoms with Crippen LogP contribution in [0.15, 0.2) is 77.7 Å². The Morgan fingerprint density at radius 3 is 2.36 bits per heavy atom. The minimum Gasteiger partial charge on any atom is -0.375 e. The number of halogens is 1. The zero-order valence-corrected chi connectivity index (χ0v) is 27.7. The molecule has 0 saturated carbocycles. The third-order valence-corrected chi connectivity index (χ3v) is 12.8. The Labute approximate surface area is 272 Å². The summed E-state index contributed by atoms with van der Waals surface area (Å²) in [6.07, 6.45) is -0.877. The molecule has 0 spiro atoms. The van der Waals surface area contributed by atoms with E-state index in [9.17, 15) is 13.2 Å². The number of hydrogen-bond donors (Lipinski definition) is 1. The monoisotopic (exact) mass is 732 g/mol. The summed E-state index contributed by atoms with van der Waals surface area (Å²) < 4.78 is 48.7. The Balaban J connectivity index is 1.41. The van der Waals surface area contributed by atoms with Crippen molar-refractivity contribution in [3.05, 3.63) is 87.5 Å². The Morgan fingerprint density at radius 1 is 0.978 bits per heavy atom. The van der Waals surface area contributed by atoms with Gasteiger partial charge < -0.3 is 23.9 Å².